The van der Waals surface area contributed by atoms with Crippen LogP contribution in [-0.2, 0) is 11.3 Å². The molecule has 1 aliphatic carbocycles. The summed E-state index contributed by atoms with van der Waals surface area (Å²) >= 11 is 1.42. The smallest absolute Gasteiger partial charge is 0.262 e. The Bertz CT molecular complexity index is 1380. The molecule has 1 saturated carbocycles. The molecule has 1 saturated heterocycles. The van der Waals surface area contributed by atoms with Crippen molar-refractivity contribution in [2.45, 2.75) is 82.4 Å². The molecule has 0 spiro atoms. The second-order valence-electron chi connectivity index (χ2n) is 11.4. The number of aryl methyl sites for hydroxylation is 1. The van der Waals surface area contributed by atoms with Gasteiger partial charge in [0.15, 0.2) is 0 Å². The van der Waals surface area contributed by atoms with Crippen LogP contribution in [0.25, 0.3) is 10.9 Å². The molecule has 3 heterocycles. The molecule has 1 aliphatic heterocycles. The van der Waals surface area contributed by atoms with E-state index >= 15 is 0 Å². The van der Waals surface area contributed by atoms with Crippen LogP contribution >= 0.6 is 11.8 Å². The number of nitrogens with zero attached hydrogens (tertiary/aromatic N) is 1. The van der Waals surface area contributed by atoms with Gasteiger partial charge >= 0.3 is 0 Å². The van der Waals surface area contributed by atoms with E-state index in [0.717, 1.165) is 29.9 Å². The second kappa shape index (κ2) is 10.9. The molecule has 38 heavy (non-hydrogen) atoms. The first kappa shape index (κ1) is 27.0. The van der Waals surface area contributed by atoms with Crippen LogP contribution in [0, 0.1) is 19.8 Å². The van der Waals surface area contributed by atoms with Crippen molar-refractivity contribution in [1.82, 2.24) is 20.2 Å². The number of ether oxygens (including phenoxy) is 1. The molecular formula is C30H40N4O3S. The summed E-state index contributed by atoms with van der Waals surface area (Å²) in [6, 6.07) is 11.2. The van der Waals surface area contributed by atoms with E-state index in [9.17, 15) is 9.59 Å². The summed E-state index contributed by atoms with van der Waals surface area (Å²) in [6.07, 6.45) is 6.65. The van der Waals surface area contributed by atoms with Crippen molar-refractivity contribution in [2.24, 2.45) is 5.92 Å². The third-order valence-corrected chi connectivity index (χ3v) is 9.31. The maximum atomic E-state index is 13.2. The van der Waals surface area contributed by atoms with Crippen LogP contribution in [0.5, 0.6) is 0 Å². The number of carbonyl (C=O) groups is 1. The SMILES string of the molecule is CSc1cc(C)[nH]c(=O)c1C(=O)NCc1c(C)n([C@H](C)C2CCC(NC3(C)COC3)CC2)c2ccccc12. The van der Waals surface area contributed by atoms with Gasteiger partial charge in [0.25, 0.3) is 11.5 Å². The van der Waals surface area contributed by atoms with E-state index < -0.39 is 0 Å². The van der Waals surface area contributed by atoms with E-state index in [1.54, 1.807) is 0 Å². The molecule has 0 radical (unpaired) electrons. The fourth-order valence-electron chi connectivity index (χ4n) is 6.44. The first-order chi connectivity index (χ1) is 18.2. The summed E-state index contributed by atoms with van der Waals surface area (Å²) in [5.74, 6) is 0.266. The number of rotatable bonds is 8. The Balaban J connectivity index is 1.34. The summed E-state index contributed by atoms with van der Waals surface area (Å²) in [5, 5.41) is 8.04. The lowest BCUT2D eigenvalue weighted by Crippen LogP contribution is -2.61. The quantitative estimate of drug-likeness (QED) is 0.349. The molecule has 1 aromatic carbocycles. The molecule has 8 heteroatoms. The summed E-state index contributed by atoms with van der Waals surface area (Å²) in [7, 11) is 0. The third kappa shape index (κ3) is 5.18. The Morgan fingerprint density at radius 3 is 2.58 bits per heavy atom. The van der Waals surface area contributed by atoms with Gasteiger partial charge in [0.1, 0.15) is 5.56 Å². The van der Waals surface area contributed by atoms with Crippen LogP contribution in [0.1, 0.15) is 72.9 Å². The number of nitrogens with one attached hydrogen (secondary N) is 3. The van der Waals surface area contributed by atoms with E-state index in [2.05, 4.69) is 65.2 Å². The maximum Gasteiger partial charge on any atom is 0.262 e. The highest BCUT2D eigenvalue weighted by Crippen LogP contribution is 2.38. The molecule has 1 amide bonds. The Hall–Kier alpha value is -2.55. The fraction of sp³-hybridized carbons (Fsp3) is 0.533. The number of amides is 1. The van der Waals surface area contributed by atoms with Crippen LogP contribution in [0.3, 0.4) is 0 Å². The zero-order valence-electron chi connectivity index (χ0n) is 23.1. The molecule has 2 aromatic heterocycles. The van der Waals surface area contributed by atoms with Crippen molar-refractivity contribution in [3.05, 3.63) is 63.2 Å². The minimum absolute atomic E-state index is 0.149. The van der Waals surface area contributed by atoms with E-state index in [0.29, 0.717) is 29.4 Å². The average molecular weight is 537 g/mol. The normalized spacial score (nSPS) is 21.7. The number of aromatic nitrogens is 2. The van der Waals surface area contributed by atoms with Crippen LogP contribution < -0.4 is 16.2 Å². The Morgan fingerprint density at radius 1 is 1.21 bits per heavy atom. The number of para-hydroxylation sites is 1. The lowest BCUT2D eigenvalue weighted by atomic mass is 9.81. The molecule has 1 atom stereocenters. The van der Waals surface area contributed by atoms with E-state index in [-0.39, 0.29) is 22.6 Å². The molecule has 2 aliphatic rings. The van der Waals surface area contributed by atoms with E-state index in [1.807, 2.05) is 19.2 Å². The molecule has 0 unspecified atom stereocenters. The lowest BCUT2D eigenvalue weighted by Gasteiger charge is -2.44. The van der Waals surface area contributed by atoms with Crippen LogP contribution in [0.2, 0.25) is 0 Å². The number of thioether (sulfide) groups is 1. The third-order valence-electron chi connectivity index (χ3n) is 8.55. The highest BCUT2D eigenvalue weighted by molar-refractivity contribution is 7.98. The van der Waals surface area contributed by atoms with Gasteiger partial charge in [-0.25, -0.2) is 0 Å². The Labute approximate surface area is 229 Å². The highest BCUT2D eigenvalue weighted by atomic mass is 32.2. The lowest BCUT2D eigenvalue weighted by molar-refractivity contribution is -0.0719. The number of hydrogen-bond acceptors (Lipinski definition) is 5. The molecule has 5 rings (SSSR count). The van der Waals surface area contributed by atoms with Crippen LogP contribution in [0.4, 0.5) is 0 Å². The van der Waals surface area contributed by atoms with E-state index in [4.69, 9.17) is 4.74 Å². The van der Waals surface area contributed by atoms with Gasteiger partial charge in [-0.15, -0.1) is 11.8 Å². The Morgan fingerprint density at radius 2 is 1.92 bits per heavy atom. The summed E-state index contributed by atoms with van der Waals surface area (Å²) in [4.78, 5) is 29.2. The van der Waals surface area contributed by atoms with E-state index in [1.165, 1.54) is 48.7 Å². The molecule has 3 aromatic rings. The van der Waals surface area contributed by atoms with Crippen molar-refractivity contribution in [2.75, 3.05) is 19.5 Å². The van der Waals surface area contributed by atoms with Crippen LogP contribution in [-0.4, -0.2) is 46.5 Å². The maximum absolute atomic E-state index is 13.2. The Kier molecular flexibility index (Phi) is 7.76. The molecule has 2 fully saturated rings. The largest absolute Gasteiger partial charge is 0.377 e. The molecule has 204 valence electrons. The van der Waals surface area contributed by atoms with Gasteiger partial charge in [-0.3, -0.25) is 9.59 Å². The van der Waals surface area contributed by atoms with Crippen molar-refractivity contribution in [1.29, 1.82) is 0 Å². The van der Waals surface area contributed by atoms with Gasteiger partial charge in [0.05, 0.1) is 18.8 Å². The molecule has 0 bridgehead atoms. The first-order valence-electron chi connectivity index (χ1n) is 13.7. The monoisotopic (exact) mass is 536 g/mol. The number of fused-ring (bicyclic) bond motifs is 1. The number of hydrogen-bond donors (Lipinski definition) is 3. The summed E-state index contributed by atoms with van der Waals surface area (Å²) < 4.78 is 7.90. The minimum atomic E-state index is -0.344. The van der Waals surface area contributed by atoms with Crippen molar-refractivity contribution >= 4 is 28.6 Å². The number of carbonyl (C=O) groups excluding carboxylic acids is 1. The number of aromatic amines is 1. The zero-order valence-corrected chi connectivity index (χ0v) is 24.0. The number of benzene rings is 1. The highest BCUT2D eigenvalue weighted by Gasteiger charge is 2.37. The van der Waals surface area contributed by atoms with Gasteiger partial charge < -0.3 is 24.9 Å². The van der Waals surface area contributed by atoms with Gasteiger partial charge in [-0.1, -0.05) is 18.2 Å². The van der Waals surface area contributed by atoms with Crippen molar-refractivity contribution in [3.63, 3.8) is 0 Å². The van der Waals surface area contributed by atoms with Gasteiger partial charge in [-0.2, -0.15) is 0 Å². The number of pyridine rings is 1. The molecule has 3 N–H and O–H groups in total. The van der Waals surface area contributed by atoms with Gasteiger partial charge in [0.2, 0.25) is 0 Å². The predicted octanol–water partition coefficient (Wildman–Crippen LogP) is 5.10. The molecular weight excluding hydrogens is 496 g/mol. The second-order valence-corrected chi connectivity index (χ2v) is 12.3. The molecule has 7 nitrogen and oxygen atoms in total. The number of H-pyrrole nitrogens is 1. The fourth-order valence-corrected chi connectivity index (χ4v) is 7.12. The van der Waals surface area contributed by atoms with Gasteiger partial charge in [-0.05, 0) is 83.2 Å². The van der Waals surface area contributed by atoms with Crippen LogP contribution in [0.15, 0.2) is 40.0 Å². The first-order valence-corrected chi connectivity index (χ1v) is 14.9. The minimum Gasteiger partial charge on any atom is -0.377 e. The summed E-state index contributed by atoms with van der Waals surface area (Å²) in [6.45, 7) is 10.6. The standard InChI is InChI=1S/C30H40N4O3S/c1-18-14-26(38-5)27(29(36)32-18)28(35)31-15-24-20(3)34(25-9-7-6-8-23(24)25)19(2)21-10-12-22(13-11-21)33-30(4)16-37-17-30/h6-9,14,19,21-22,33H,10-13,15-17H2,1-5H3,(H,31,35)(H,32,36)/t19-,21?,22?/m1/s1. The predicted molar refractivity (Wildman–Crippen MR) is 154 cm³/mol. The summed E-state index contributed by atoms with van der Waals surface area (Å²) in [5.41, 5.74) is 4.24. The zero-order chi connectivity index (χ0) is 27.0. The van der Waals surface area contributed by atoms with Crippen molar-refractivity contribution in [3.8, 4) is 0 Å². The van der Waals surface area contributed by atoms with Gasteiger partial charge in [0, 0.05) is 45.8 Å². The van der Waals surface area contributed by atoms with Crippen molar-refractivity contribution < 1.29 is 9.53 Å². The topological polar surface area (TPSA) is 88.2 Å². The average Bonchev–Trinajstić information content (AvgIpc) is 3.16.